The van der Waals surface area contributed by atoms with E-state index in [2.05, 4.69) is 10.6 Å². The molecule has 0 atom stereocenters. The molecular formula is C10H14N2OS. The van der Waals surface area contributed by atoms with E-state index in [-0.39, 0.29) is 5.75 Å². The zero-order chi connectivity index (χ0) is 10.7. The first-order chi connectivity index (χ1) is 6.54. The van der Waals surface area contributed by atoms with Gasteiger partial charge in [0.15, 0.2) is 5.11 Å². The Morgan fingerprint density at radius 2 is 1.86 bits per heavy atom. The van der Waals surface area contributed by atoms with Gasteiger partial charge in [-0.2, -0.15) is 0 Å². The van der Waals surface area contributed by atoms with Gasteiger partial charge in [0.2, 0.25) is 0 Å². The van der Waals surface area contributed by atoms with Crippen molar-refractivity contribution in [3.8, 4) is 5.75 Å². The number of benzene rings is 1. The Labute approximate surface area is 89.1 Å². The fraction of sp³-hybridized carbons (Fsp3) is 0.300. The highest BCUT2D eigenvalue weighted by molar-refractivity contribution is 7.80. The summed E-state index contributed by atoms with van der Waals surface area (Å²) in [5.41, 5.74) is 2.81. The molecule has 0 heterocycles. The molecule has 1 rings (SSSR count). The number of hydrogen-bond donors (Lipinski definition) is 3. The Balaban J connectivity index is 2.98. The van der Waals surface area contributed by atoms with E-state index in [0.29, 0.717) is 10.8 Å². The van der Waals surface area contributed by atoms with Gasteiger partial charge in [0.05, 0.1) is 5.69 Å². The van der Waals surface area contributed by atoms with E-state index in [4.69, 9.17) is 12.2 Å². The maximum Gasteiger partial charge on any atom is 0.170 e. The predicted octanol–water partition coefficient (Wildman–Crippen LogP) is 1.93. The van der Waals surface area contributed by atoms with Crippen LogP contribution < -0.4 is 10.6 Å². The van der Waals surface area contributed by atoms with Crippen LogP contribution in [0.4, 0.5) is 5.69 Å². The van der Waals surface area contributed by atoms with Crippen LogP contribution in [0.2, 0.25) is 0 Å². The number of phenolic OH excluding ortho intramolecular Hbond substituents is 1. The number of aryl methyl sites for hydroxylation is 2. The minimum absolute atomic E-state index is 0.214. The normalized spacial score (nSPS) is 9.64. The van der Waals surface area contributed by atoms with Crippen LogP contribution >= 0.6 is 12.2 Å². The lowest BCUT2D eigenvalue weighted by Gasteiger charge is -2.11. The molecule has 1 aromatic carbocycles. The molecule has 0 aromatic heterocycles. The van der Waals surface area contributed by atoms with Crippen molar-refractivity contribution < 1.29 is 5.11 Å². The molecule has 0 unspecified atom stereocenters. The molecule has 14 heavy (non-hydrogen) atoms. The smallest absolute Gasteiger partial charge is 0.170 e. The van der Waals surface area contributed by atoms with Crippen LogP contribution in [-0.2, 0) is 0 Å². The van der Waals surface area contributed by atoms with Gasteiger partial charge in [-0.1, -0.05) is 0 Å². The van der Waals surface area contributed by atoms with E-state index in [1.165, 1.54) is 0 Å². The Morgan fingerprint density at radius 1 is 1.29 bits per heavy atom. The lowest BCUT2D eigenvalue weighted by atomic mass is 10.1. The van der Waals surface area contributed by atoms with E-state index < -0.39 is 0 Å². The number of aromatic hydroxyl groups is 1. The van der Waals surface area contributed by atoms with Crippen molar-refractivity contribution in [3.63, 3.8) is 0 Å². The summed E-state index contributed by atoms with van der Waals surface area (Å²) in [4.78, 5) is 0. The maximum absolute atomic E-state index is 9.61. The van der Waals surface area contributed by atoms with Crippen LogP contribution in [0, 0.1) is 13.8 Å². The van der Waals surface area contributed by atoms with Crippen LogP contribution in [0.1, 0.15) is 11.1 Å². The molecule has 0 saturated carbocycles. The summed E-state index contributed by atoms with van der Waals surface area (Å²) < 4.78 is 0. The average Bonchev–Trinajstić information content (AvgIpc) is 2.14. The van der Waals surface area contributed by atoms with Crippen molar-refractivity contribution in [2.24, 2.45) is 0 Å². The van der Waals surface area contributed by atoms with Crippen LogP contribution in [0.3, 0.4) is 0 Å². The summed E-state index contributed by atoms with van der Waals surface area (Å²) in [6, 6.07) is 3.59. The van der Waals surface area contributed by atoms with Gasteiger partial charge >= 0.3 is 0 Å². The molecule has 3 nitrogen and oxygen atoms in total. The quantitative estimate of drug-likeness (QED) is 0.489. The van der Waals surface area contributed by atoms with Gasteiger partial charge < -0.3 is 15.7 Å². The number of nitrogens with one attached hydrogen (secondary N) is 2. The van der Waals surface area contributed by atoms with Gasteiger partial charge in [-0.3, -0.25) is 0 Å². The molecule has 0 aliphatic carbocycles. The predicted molar refractivity (Wildman–Crippen MR) is 62.9 cm³/mol. The molecule has 4 heteroatoms. The van der Waals surface area contributed by atoms with Gasteiger partial charge in [0.25, 0.3) is 0 Å². The molecule has 0 fully saturated rings. The minimum atomic E-state index is 0.214. The van der Waals surface area contributed by atoms with E-state index in [1.807, 2.05) is 19.9 Å². The topological polar surface area (TPSA) is 44.3 Å². The Hall–Kier alpha value is -1.29. The van der Waals surface area contributed by atoms with Crippen molar-refractivity contribution in [3.05, 3.63) is 23.3 Å². The Bertz CT molecular complexity index is 363. The molecule has 0 aliphatic rings. The summed E-state index contributed by atoms with van der Waals surface area (Å²) in [7, 11) is 1.73. The van der Waals surface area contributed by atoms with Crippen molar-refractivity contribution in [1.82, 2.24) is 5.32 Å². The number of rotatable bonds is 1. The SMILES string of the molecule is CNC(=S)Nc1cc(C)c(C)cc1O. The Kier molecular flexibility index (Phi) is 3.30. The van der Waals surface area contributed by atoms with Crippen molar-refractivity contribution >= 4 is 23.0 Å². The lowest BCUT2D eigenvalue weighted by Crippen LogP contribution is -2.24. The second-order valence-electron chi connectivity index (χ2n) is 3.16. The lowest BCUT2D eigenvalue weighted by molar-refractivity contribution is 0.477. The molecule has 0 saturated heterocycles. The maximum atomic E-state index is 9.61. The van der Waals surface area contributed by atoms with Crippen molar-refractivity contribution in [2.75, 3.05) is 12.4 Å². The second-order valence-corrected chi connectivity index (χ2v) is 3.57. The number of phenols is 1. The largest absolute Gasteiger partial charge is 0.506 e. The van der Waals surface area contributed by atoms with E-state index in [9.17, 15) is 5.11 Å². The van der Waals surface area contributed by atoms with Crippen LogP contribution in [0.15, 0.2) is 12.1 Å². The highest BCUT2D eigenvalue weighted by Crippen LogP contribution is 2.26. The summed E-state index contributed by atoms with van der Waals surface area (Å²) in [5, 5.41) is 15.8. The second kappa shape index (κ2) is 4.28. The third-order valence-electron chi connectivity index (χ3n) is 2.09. The molecule has 0 bridgehead atoms. The third kappa shape index (κ3) is 2.35. The van der Waals surface area contributed by atoms with Gasteiger partial charge in [-0.15, -0.1) is 0 Å². The zero-order valence-corrected chi connectivity index (χ0v) is 9.33. The van der Waals surface area contributed by atoms with Crippen molar-refractivity contribution in [1.29, 1.82) is 0 Å². The fourth-order valence-corrected chi connectivity index (χ4v) is 1.20. The Morgan fingerprint density at radius 3 is 2.43 bits per heavy atom. The molecule has 0 radical (unpaired) electrons. The highest BCUT2D eigenvalue weighted by atomic mass is 32.1. The highest BCUT2D eigenvalue weighted by Gasteiger charge is 2.04. The van der Waals surface area contributed by atoms with E-state index >= 15 is 0 Å². The first-order valence-corrected chi connectivity index (χ1v) is 4.74. The standard InChI is InChI=1S/C10H14N2OS/c1-6-4-8(12-10(14)11-3)9(13)5-7(6)2/h4-5,13H,1-3H3,(H2,11,12,14). The summed E-state index contributed by atoms with van der Waals surface area (Å²) in [6.45, 7) is 3.94. The van der Waals surface area contributed by atoms with E-state index in [0.717, 1.165) is 11.1 Å². The van der Waals surface area contributed by atoms with Crippen LogP contribution in [-0.4, -0.2) is 17.3 Å². The molecule has 0 amide bonds. The first kappa shape index (κ1) is 10.8. The van der Waals surface area contributed by atoms with Crippen molar-refractivity contribution in [2.45, 2.75) is 13.8 Å². The monoisotopic (exact) mass is 210 g/mol. The first-order valence-electron chi connectivity index (χ1n) is 4.33. The average molecular weight is 210 g/mol. The van der Waals surface area contributed by atoms with Crippen LogP contribution in [0.25, 0.3) is 0 Å². The summed E-state index contributed by atoms with van der Waals surface area (Å²) >= 11 is 4.94. The number of hydrogen-bond acceptors (Lipinski definition) is 2. The molecule has 1 aromatic rings. The summed E-state index contributed by atoms with van der Waals surface area (Å²) in [5.74, 6) is 0.214. The molecular weight excluding hydrogens is 196 g/mol. The third-order valence-corrected chi connectivity index (χ3v) is 2.39. The molecule has 3 N–H and O–H groups in total. The van der Waals surface area contributed by atoms with Gasteiger partial charge in [0.1, 0.15) is 5.75 Å². The number of anilines is 1. The number of thiocarbonyl (C=S) groups is 1. The van der Waals surface area contributed by atoms with Gasteiger partial charge in [-0.25, -0.2) is 0 Å². The van der Waals surface area contributed by atoms with Gasteiger partial charge in [-0.05, 0) is 49.3 Å². The van der Waals surface area contributed by atoms with Gasteiger partial charge in [0, 0.05) is 7.05 Å². The summed E-state index contributed by atoms with van der Waals surface area (Å²) in [6.07, 6.45) is 0. The van der Waals surface area contributed by atoms with E-state index in [1.54, 1.807) is 13.1 Å². The fourth-order valence-electron chi connectivity index (χ4n) is 1.09. The van der Waals surface area contributed by atoms with Crippen LogP contribution in [0.5, 0.6) is 5.75 Å². The zero-order valence-electron chi connectivity index (χ0n) is 8.51. The minimum Gasteiger partial charge on any atom is -0.506 e. The molecule has 76 valence electrons. The molecule has 0 spiro atoms. The molecule has 0 aliphatic heterocycles.